The van der Waals surface area contributed by atoms with E-state index in [1.807, 2.05) is 0 Å². The van der Waals surface area contributed by atoms with Crippen molar-refractivity contribution >= 4 is 23.3 Å². The largest absolute Gasteiger partial charge is 0.477 e. The van der Waals surface area contributed by atoms with Crippen molar-refractivity contribution in [1.82, 2.24) is 0 Å². The summed E-state index contributed by atoms with van der Waals surface area (Å²) in [5.74, 6) is -1.18. The van der Waals surface area contributed by atoms with Crippen LogP contribution in [-0.4, -0.2) is 47.1 Å². The van der Waals surface area contributed by atoms with E-state index in [4.69, 9.17) is 28.8 Å². The minimum absolute atomic E-state index is 0.0151. The summed E-state index contributed by atoms with van der Waals surface area (Å²) in [6.07, 6.45) is 0. The fourth-order valence-electron chi connectivity index (χ4n) is 2.71. The molecule has 1 N–H and O–H groups in total. The molecule has 0 atom stereocenters. The molecule has 0 aliphatic carbocycles. The molecule has 168 valence electrons. The minimum Gasteiger partial charge on any atom is -0.477 e. The highest BCUT2D eigenvalue weighted by atomic mass is 16.7. The van der Waals surface area contributed by atoms with Gasteiger partial charge in [-0.05, 0) is 6.92 Å². The SMILES string of the molecule is CCOC(=O)c1cc2c(cc1[N+](=O)[O-])OCO2.O=C(O)c1cc2c(cc1[N+](=O)[O-])OCO2. The van der Waals surface area contributed by atoms with Crippen LogP contribution in [0.3, 0.4) is 0 Å². The van der Waals surface area contributed by atoms with Gasteiger partial charge in [-0.15, -0.1) is 0 Å². The van der Waals surface area contributed by atoms with E-state index in [-0.39, 0.29) is 48.7 Å². The molecule has 32 heavy (non-hydrogen) atoms. The number of esters is 1. The molecule has 0 saturated carbocycles. The lowest BCUT2D eigenvalue weighted by atomic mass is 10.1. The number of nitrogens with zero attached hydrogens (tertiary/aromatic N) is 2. The van der Waals surface area contributed by atoms with E-state index in [1.165, 1.54) is 6.07 Å². The molecule has 2 heterocycles. The summed E-state index contributed by atoms with van der Waals surface area (Å²) in [5.41, 5.74) is -1.41. The Kier molecular flexibility index (Phi) is 6.23. The fraction of sp³-hybridized carbons (Fsp3) is 0.222. The van der Waals surface area contributed by atoms with Crippen LogP contribution in [0.15, 0.2) is 24.3 Å². The molecule has 0 saturated heterocycles. The third kappa shape index (κ3) is 4.43. The summed E-state index contributed by atoms with van der Waals surface area (Å²) in [7, 11) is 0. The molecule has 4 rings (SSSR count). The van der Waals surface area contributed by atoms with Crippen LogP contribution in [0.4, 0.5) is 11.4 Å². The Hall–Kier alpha value is -4.62. The lowest BCUT2D eigenvalue weighted by Gasteiger charge is -2.04. The molecule has 0 amide bonds. The van der Waals surface area contributed by atoms with Gasteiger partial charge in [-0.3, -0.25) is 20.2 Å². The molecular formula is C18H14N2O12. The van der Waals surface area contributed by atoms with Gasteiger partial charge in [-0.25, -0.2) is 9.59 Å². The minimum atomic E-state index is -1.38. The van der Waals surface area contributed by atoms with Crippen LogP contribution in [0.5, 0.6) is 23.0 Å². The van der Waals surface area contributed by atoms with Crippen molar-refractivity contribution in [3.63, 3.8) is 0 Å². The Morgan fingerprint density at radius 3 is 1.69 bits per heavy atom. The van der Waals surface area contributed by atoms with Crippen LogP contribution in [0.25, 0.3) is 0 Å². The summed E-state index contributed by atoms with van der Waals surface area (Å²) in [5, 5.41) is 30.1. The molecule has 14 heteroatoms. The monoisotopic (exact) mass is 450 g/mol. The first-order chi connectivity index (χ1) is 15.2. The molecule has 0 aromatic heterocycles. The second kappa shape index (κ2) is 9.03. The lowest BCUT2D eigenvalue weighted by Crippen LogP contribution is -2.08. The van der Waals surface area contributed by atoms with Crippen molar-refractivity contribution in [2.75, 3.05) is 20.2 Å². The van der Waals surface area contributed by atoms with E-state index in [0.717, 1.165) is 18.2 Å². The Morgan fingerprint density at radius 1 is 0.875 bits per heavy atom. The van der Waals surface area contributed by atoms with Gasteiger partial charge in [-0.1, -0.05) is 0 Å². The van der Waals surface area contributed by atoms with Gasteiger partial charge in [0.25, 0.3) is 11.4 Å². The fourth-order valence-corrected chi connectivity index (χ4v) is 2.71. The van der Waals surface area contributed by atoms with Gasteiger partial charge in [0.2, 0.25) is 13.6 Å². The predicted octanol–water partition coefficient (Wildman–Crippen LogP) is 2.52. The number of carboxylic acid groups (broad SMARTS) is 1. The highest BCUT2D eigenvalue weighted by molar-refractivity contribution is 5.95. The number of carboxylic acids is 1. The van der Waals surface area contributed by atoms with Crippen molar-refractivity contribution in [3.05, 3.63) is 55.6 Å². The van der Waals surface area contributed by atoms with Crippen LogP contribution in [0, 0.1) is 20.2 Å². The van der Waals surface area contributed by atoms with Crippen LogP contribution >= 0.6 is 0 Å². The maximum Gasteiger partial charge on any atom is 0.345 e. The number of nitro groups is 2. The molecule has 2 aromatic carbocycles. The Labute approximate surface area is 178 Å². The Balaban J connectivity index is 0.000000182. The number of benzene rings is 2. The summed E-state index contributed by atoms with van der Waals surface area (Å²) < 4.78 is 24.6. The van der Waals surface area contributed by atoms with Crippen molar-refractivity contribution in [2.24, 2.45) is 0 Å². The average Bonchev–Trinajstić information content (AvgIpc) is 3.40. The number of hydrogen-bond donors (Lipinski definition) is 1. The van der Waals surface area contributed by atoms with Crippen LogP contribution in [-0.2, 0) is 4.74 Å². The molecule has 14 nitrogen and oxygen atoms in total. The first-order valence-corrected chi connectivity index (χ1v) is 8.79. The molecular weight excluding hydrogens is 436 g/mol. The summed E-state index contributed by atoms with van der Waals surface area (Å²) in [4.78, 5) is 42.2. The average molecular weight is 450 g/mol. The Bertz CT molecular complexity index is 1070. The highest BCUT2D eigenvalue weighted by Gasteiger charge is 2.28. The van der Waals surface area contributed by atoms with E-state index in [0.29, 0.717) is 5.75 Å². The van der Waals surface area contributed by atoms with E-state index in [2.05, 4.69) is 0 Å². The van der Waals surface area contributed by atoms with Crippen LogP contribution in [0.2, 0.25) is 0 Å². The number of carbonyl (C=O) groups is 2. The third-order valence-electron chi connectivity index (χ3n) is 4.10. The number of hydrogen-bond acceptors (Lipinski definition) is 11. The maximum atomic E-state index is 11.5. The van der Waals surface area contributed by atoms with Gasteiger partial charge in [0, 0.05) is 12.1 Å². The van der Waals surface area contributed by atoms with Crippen molar-refractivity contribution in [2.45, 2.75) is 6.92 Å². The second-order valence-corrected chi connectivity index (χ2v) is 5.99. The summed E-state index contributed by atoms with van der Waals surface area (Å²) >= 11 is 0. The summed E-state index contributed by atoms with van der Waals surface area (Å²) in [6.45, 7) is 1.69. The molecule has 0 fully saturated rings. The number of fused-ring (bicyclic) bond motifs is 2. The number of carbonyl (C=O) groups excluding carboxylic acids is 1. The van der Waals surface area contributed by atoms with Gasteiger partial charge >= 0.3 is 11.9 Å². The molecule has 0 radical (unpaired) electrons. The topological polar surface area (TPSA) is 187 Å². The van der Waals surface area contributed by atoms with Gasteiger partial charge < -0.3 is 28.8 Å². The molecule has 0 spiro atoms. The second-order valence-electron chi connectivity index (χ2n) is 5.99. The smallest absolute Gasteiger partial charge is 0.345 e. The molecule has 0 bridgehead atoms. The zero-order valence-electron chi connectivity index (χ0n) is 16.3. The first kappa shape index (κ1) is 22.1. The molecule has 2 aromatic rings. The molecule has 0 unspecified atom stereocenters. The van der Waals surface area contributed by atoms with Gasteiger partial charge in [0.15, 0.2) is 23.0 Å². The van der Waals surface area contributed by atoms with Crippen molar-refractivity contribution in [3.8, 4) is 23.0 Å². The quantitative estimate of drug-likeness (QED) is 0.399. The number of rotatable bonds is 5. The number of nitro benzene ring substituents is 2. The third-order valence-corrected chi connectivity index (χ3v) is 4.10. The molecule has 2 aliphatic rings. The maximum absolute atomic E-state index is 11.5. The number of ether oxygens (including phenoxy) is 5. The number of aromatic carboxylic acids is 1. The predicted molar refractivity (Wildman–Crippen MR) is 101 cm³/mol. The lowest BCUT2D eigenvalue weighted by molar-refractivity contribution is -0.385. The van der Waals surface area contributed by atoms with E-state index < -0.39 is 33.0 Å². The highest BCUT2D eigenvalue weighted by Crippen LogP contribution is 2.39. The van der Waals surface area contributed by atoms with E-state index >= 15 is 0 Å². The normalized spacial score (nSPS) is 12.4. The zero-order chi connectivity index (χ0) is 23.4. The standard InChI is InChI=1S/C10H9NO6.C8H5NO6/c1-2-15-10(12)6-3-8-9(17-5-16-8)4-7(6)11(13)14;10-8(11)4-1-6-7(15-3-14-6)2-5(4)9(12)13/h3-4H,2,5H2,1H3;1-2H,3H2,(H,10,11). The van der Waals surface area contributed by atoms with Crippen LogP contribution < -0.4 is 18.9 Å². The zero-order valence-corrected chi connectivity index (χ0v) is 16.3. The van der Waals surface area contributed by atoms with Gasteiger partial charge in [-0.2, -0.15) is 0 Å². The summed E-state index contributed by atoms with van der Waals surface area (Å²) in [6, 6.07) is 4.56. The van der Waals surface area contributed by atoms with Gasteiger partial charge in [0.05, 0.1) is 28.6 Å². The van der Waals surface area contributed by atoms with E-state index in [1.54, 1.807) is 6.92 Å². The van der Waals surface area contributed by atoms with Crippen LogP contribution in [0.1, 0.15) is 27.6 Å². The van der Waals surface area contributed by atoms with Crippen molar-refractivity contribution in [1.29, 1.82) is 0 Å². The van der Waals surface area contributed by atoms with Crippen molar-refractivity contribution < 1.29 is 48.2 Å². The van der Waals surface area contributed by atoms with Gasteiger partial charge in [0.1, 0.15) is 11.1 Å². The molecule has 2 aliphatic heterocycles. The van der Waals surface area contributed by atoms with E-state index in [9.17, 15) is 29.8 Å². The Morgan fingerprint density at radius 2 is 1.28 bits per heavy atom. The first-order valence-electron chi connectivity index (χ1n) is 8.79.